The van der Waals surface area contributed by atoms with Gasteiger partial charge in [-0.15, -0.1) is 0 Å². The lowest BCUT2D eigenvalue weighted by Gasteiger charge is -2.11. The summed E-state index contributed by atoms with van der Waals surface area (Å²) in [6, 6.07) is 15.9. The highest BCUT2D eigenvalue weighted by atomic mass is 16.5. The van der Waals surface area contributed by atoms with E-state index in [2.05, 4.69) is 15.8 Å². The van der Waals surface area contributed by atoms with E-state index >= 15 is 0 Å². The molecule has 2 amide bonds. The molecule has 3 rings (SSSR count). The number of anilines is 2. The van der Waals surface area contributed by atoms with Gasteiger partial charge >= 0.3 is 0 Å². The van der Waals surface area contributed by atoms with Gasteiger partial charge in [-0.2, -0.15) is 0 Å². The molecule has 0 spiro atoms. The van der Waals surface area contributed by atoms with Crippen molar-refractivity contribution in [1.29, 1.82) is 0 Å². The number of aromatic nitrogens is 1. The predicted molar refractivity (Wildman–Crippen MR) is 97.2 cm³/mol. The summed E-state index contributed by atoms with van der Waals surface area (Å²) in [5.74, 6) is 0.334. The second-order valence-electron chi connectivity index (χ2n) is 5.49. The Morgan fingerprint density at radius 2 is 1.81 bits per heavy atom. The molecule has 1 aromatic heterocycles. The van der Waals surface area contributed by atoms with E-state index in [0.29, 0.717) is 22.9 Å². The van der Waals surface area contributed by atoms with Crippen molar-refractivity contribution in [3.8, 4) is 17.1 Å². The Kier molecular flexibility index (Phi) is 4.98. The average Bonchev–Trinajstić information content (AvgIpc) is 3.12. The Morgan fingerprint density at radius 1 is 1.04 bits per heavy atom. The summed E-state index contributed by atoms with van der Waals surface area (Å²) >= 11 is 0. The SMILES string of the molecule is COc1ccc(NC(=O)c2cc(-c3ccccc3)on2)cc1NC(C)=O. The van der Waals surface area contributed by atoms with E-state index in [4.69, 9.17) is 9.26 Å². The van der Waals surface area contributed by atoms with E-state index in [9.17, 15) is 9.59 Å². The Bertz CT molecular complexity index is 935. The van der Waals surface area contributed by atoms with Crippen molar-refractivity contribution in [2.24, 2.45) is 0 Å². The van der Waals surface area contributed by atoms with E-state index in [1.807, 2.05) is 30.3 Å². The highest BCUT2D eigenvalue weighted by Crippen LogP contribution is 2.28. The molecule has 1 heterocycles. The molecule has 2 N–H and O–H groups in total. The van der Waals surface area contributed by atoms with Crippen LogP contribution in [0.2, 0.25) is 0 Å². The number of carbonyl (C=O) groups excluding carboxylic acids is 2. The van der Waals surface area contributed by atoms with Crippen LogP contribution in [0.15, 0.2) is 59.1 Å². The number of amides is 2. The van der Waals surface area contributed by atoms with Crippen molar-refractivity contribution < 1.29 is 18.8 Å². The van der Waals surface area contributed by atoms with Crippen molar-refractivity contribution in [1.82, 2.24) is 5.16 Å². The van der Waals surface area contributed by atoms with Gasteiger partial charge in [0.2, 0.25) is 5.91 Å². The van der Waals surface area contributed by atoms with Crippen LogP contribution in [0, 0.1) is 0 Å². The summed E-state index contributed by atoms with van der Waals surface area (Å²) in [6.45, 7) is 1.39. The smallest absolute Gasteiger partial charge is 0.277 e. The quantitative estimate of drug-likeness (QED) is 0.733. The van der Waals surface area contributed by atoms with Gasteiger partial charge in [0, 0.05) is 24.2 Å². The second-order valence-corrected chi connectivity index (χ2v) is 5.49. The van der Waals surface area contributed by atoms with E-state index < -0.39 is 5.91 Å². The summed E-state index contributed by atoms with van der Waals surface area (Å²) < 4.78 is 10.4. The fourth-order valence-corrected chi connectivity index (χ4v) is 2.39. The molecule has 3 aromatic rings. The van der Waals surface area contributed by atoms with Crippen molar-refractivity contribution in [2.75, 3.05) is 17.7 Å². The third kappa shape index (κ3) is 3.89. The van der Waals surface area contributed by atoms with E-state index in [1.54, 1.807) is 24.3 Å². The minimum absolute atomic E-state index is 0.153. The van der Waals surface area contributed by atoms with Crippen molar-refractivity contribution in [2.45, 2.75) is 6.92 Å². The van der Waals surface area contributed by atoms with Gasteiger partial charge in [0.25, 0.3) is 5.91 Å². The monoisotopic (exact) mass is 351 g/mol. The Balaban J connectivity index is 1.78. The van der Waals surface area contributed by atoms with Gasteiger partial charge in [-0.1, -0.05) is 35.5 Å². The van der Waals surface area contributed by atoms with E-state index in [0.717, 1.165) is 5.56 Å². The lowest BCUT2D eigenvalue weighted by atomic mass is 10.1. The van der Waals surface area contributed by atoms with Crippen LogP contribution in [-0.2, 0) is 4.79 Å². The van der Waals surface area contributed by atoms with Crippen LogP contribution in [0.3, 0.4) is 0 Å². The molecule has 0 bridgehead atoms. The van der Waals surface area contributed by atoms with Crippen LogP contribution < -0.4 is 15.4 Å². The third-order valence-electron chi connectivity index (χ3n) is 3.57. The van der Waals surface area contributed by atoms with Crippen LogP contribution in [0.1, 0.15) is 17.4 Å². The second kappa shape index (κ2) is 7.52. The summed E-state index contributed by atoms with van der Waals surface area (Å²) in [5, 5.41) is 9.19. The van der Waals surface area contributed by atoms with Gasteiger partial charge in [0.1, 0.15) is 5.75 Å². The zero-order valence-electron chi connectivity index (χ0n) is 14.3. The van der Waals surface area contributed by atoms with Gasteiger partial charge in [0.05, 0.1) is 12.8 Å². The van der Waals surface area contributed by atoms with Gasteiger partial charge in [0.15, 0.2) is 11.5 Å². The number of nitrogens with one attached hydrogen (secondary N) is 2. The molecule has 0 radical (unpaired) electrons. The maximum absolute atomic E-state index is 12.4. The van der Waals surface area contributed by atoms with Gasteiger partial charge in [-0.3, -0.25) is 9.59 Å². The van der Waals surface area contributed by atoms with Crippen molar-refractivity contribution in [3.05, 3.63) is 60.3 Å². The molecular formula is C19H17N3O4. The zero-order chi connectivity index (χ0) is 18.5. The van der Waals surface area contributed by atoms with Crippen LogP contribution >= 0.6 is 0 Å². The zero-order valence-corrected chi connectivity index (χ0v) is 14.3. The first-order chi connectivity index (χ1) is 12.6. The van der Waals surface area contributed by atoms with Crippen LogP contribution in [0.4, 0.5) is 11.4 Å². The lowest BCUT2D eigenvalue weighted by molar-refractivity contribution is -0.114. The number of hydrogen-bond donors (Lipinski definition) is 2. The number of ether oxygens (including phenoxy) is 1. The van der Waals surface area contributed by atoms with Crippen LogP contribution in [0.5, 0.6) is 5.75 Å². The molecule has 0 saturated carbocycles. The summed E-state index contributed by atoms with van der Waals surface area (Å²) in [4.78, 5) is 23.7. The first-order valence-electron chi connectivity index (χ1n) is 7.86. The van der Waals surface area contributed by atoms with E-state index in [1.165, 1.54) is 14.0 Å². The van der Waals surface area contributed by atoms with Crippen molar-refractivity contribution in [3.63, 3.8) is 0 Å². The topological polar surface area (TPSA) is 93.5 Å². The van der Waals surface area contributed by atoms with E-state index in [-0.39, 0.29) is 11.6 Å². The molecule has 0 aliphatic carbocycles. The standard InChI is InChI=1S/C19H17N3O4/c1-12(23)20-15-10-14(8-9-17(15)25-2)21-19(24)16-11-18(26-22-16)13-6-4-3-5-7-13/h3-11H,1-2H3,(H,20,23)(H,21,24). The fourth-order valence-electron chi connectivity index (χ4n) is 2.39. The number of hydrogen-bond acceptors (Lipinski definition) is 5. The van der Waals surface area contributed by atoms with Gasteiger partial charge < -0.3 is 19.9 Å². The Morgan fingerprint density at radius 3 is 2.50 bits per heavy atom. The maximum Gasteiger partial charge on any atom is 0.277 e. The Hall–Kier alpha value is -3.61. The molecule has 0 aliphatic rings. The Labute approximate surface area is 150 Å². The average molecular weight is 351 g/mol. The van der Waals surface area contributed by atoms with Crippen LogP contribution in [-0.4, -0.2) is 24.1 Å². The third-order valence-corrected chi connectivity index (χ3v) is 3.57. The molecule has 0 atom stereocenters. The molecule has 26 heavy (non-hydrogen) atoms. The highest BCUT2D eigenvalue weighted by Gasteiger charge is 2.15. The number of benzene rings is 2. The van der Waals surface area contributed by atoms with Crippen LogP contribution in [0.25, 0.3) is 11.3 Å². The number of methoxy groups -OCH3 is 1. The molecule has 0 aliphatic heterocycles. The normalized spacial score (nSPS) is 10.2. The first kappa shape index (κ1) is 17.2. The lowest BCUT2D eigenvalue weighted by Crippen LogP contribution is -2.13. The number of carbonyl (C=O) groups is 2. The molecule has 0 fully saturated rings. The molecule has 2 aromatic carbocycles. The minimum Gasteiger partial charge on any atom is -0.495 e. The maximum atomic E-state index is 12.4. The van der Waals surface area contributed by atoms with Crippen molar-refractivity contribution >= 4 is 23.2 Å². The van der Waals surface area contributed by atoms with Gasteiger partial charge in [-0.05, 0) is 18.2 Å². The molecule has 0 unspecified atom stereocenters. The number of rotatable bonds is 5. The molecule has 7 nitrogen and oxygen atoms in total. The minimum atomic E-state index is -0.421. The first-order valence-corrected chi connectivity index (χ1v) is 7.86. The molecular weight excluding hydrogens is 334 g/mol. The molecule has 7 heteroatoms. The summed E-state index contributed by atoms with van der Waals surface area (Å²) in [6.07, 6.45) is 0. The predicted octanol–water partition coefficient (Wildman–Crippen LogP) is 3.56. The summed E-state index contributed by atoms with van der Waals surface area (Å²) in [7, 11) is 1.50. The molecule has 0 saturated heterocycles. The molecule has 132 valence electrons. The van der Waals surface area contributed by atoms with Gasteiger partial charge in [-0.25, -0.2) is 0 Å². The fraction of sp³-hybridized carbons (Fsp3) is 0.105. The highest BCUT2D eigenvalue weighted by molar-refractivity contribution is 6.04. The number of nitrogens with zero attached hydrogens (tertiary/aromatic N) is 1. The largest absolute Gasteiger partial charge is 0.495 e. The summed E-state index contributed by atoms with van der Waals surface area (Å²) in [5.41, 5.74) is 1.93.